The van der Waals surface area contributed by atoms with E-state index in [1.165, 1.54) is 6.07 Å². The molecule has 2 aromatic rings. The Kier molecular flexibility index (Phi) is 2.35. The highest BCUT2D eigenvalue weighted by molar-refractivity contribution is 9.10. The first kappa shape index (κ1) is 11.2. The Morgan fingerprint density at radius 2 is 1.50 bits per heavy atom. The van der Waals surface area contributed by atoms with Crippen molar-refractivity contribution in [2.24, 2.45) is 0 Å². The molecule has 0 spiro atoms. The van der Waals surface area contributed by atoms with Gasteiger partial charge in [-0.15, -0.1) is 0 Å². The van der Waals surface area contributed by atoms with Gasteiger partial charge in [0.2, 0.25) is 0 Å². The molecule has 0 bridgehead atoms. The van der Waals surface area contributed by atoms with Gasteiger partial charge in [-0.25, -0.2) is 0 Å². The van der Waals surface area contributed by atoms with E-state index in [4.69, 9.17) is 0 Å². The minimum atomic E-state index is -0.315. The predicted molar refractivity (Wildman–Crippen MR) is 69.1 cm³/mol. The highest BCUT2D eigenvalue weighted by Gasteiger charge is 2.31. The summed E-state index contributed by atoms with van der Waals surface area (Å²) >= 11 is 3.21. The number of hydrogen-bond acceptors (Lipinski definition) is 3. The zero-order chi connectivity index (χ0) is 12.9. The third-order valence-corrected chi connectivity index (χ3v) is 3.43. The summed E-state index contributed by atoms with van der Waals surface area (Å²) in [4.78, 5) is 24.5. The van der Waals surface area contributed by atoms with Crippen LogP contribution in [0.1, 0.15) is 31.8 Å². The monoisotopic (exact) mass is 302 g/mol. The molecule has 0 unspecified atom stereocenters. The Hall–Kier alpha value is -1.94. The van der Waals surface area contributed by atoms with Crippen LogP contribution >= 0.6 is 15.9 Å². The molecule has 0 aliphatic heterocycles. The Bertz CT molecular complexity index is 704. The summed E-state index contributed by atoms with van der Waals surface area (Å²) in [5, 5.41) is 9.85. The second kappa shape index (κ2) is 3.78. The summed E-state index contributed by atoms with van der Waals surface area (Å²) in [6, 6.07) is 9.61. The van der Waals surface area contributed by atoms with Crippen LogP contribution in [0, 0.1) is 0 Å². The molecule has 0 atom stereocenters. The van der Waals surface area contributed by atoms with Crippen molar-refractivity contribution in [2.75, 3.05) is 0 Å². The van der Waals surface area contributed by atoms with Gasteiger partial charge in [0.25, 0.3) is 0 Å². The lowest BCUT2D eigenvalue weighted by Gasteiger charge is -2.18. The average Bonchev–Trinajstić information content (AvgIpc) is 2.35. The lowest BCUT2D eigenvalue weighted by Crippen LogP contribution is -2.20. The number of phenolic OH excluding ortho intramolecular Hbond substituents is 1. The van der Waals surface area contributed by atoms with Gasteiger partial charge in [0.05, 0.1) is 5.56 Å². The highest BCUT2D eigenvalue weighted by atomic mass is 79.9. The van der Waals surface area contributed by atoms with Crippen molar-refractivity contribution in [1.29, 1.82) is 0 Å². The van der Waals surface area contributed by atoms with Crippen molar-refractivity contribution in [1.82, 2.24) is 0 Å². The smallest absolute Gasteiger partial charge is 0.198 e. The number of hydrogen-bond donors (Lipinski definition) is 1. The van der Waals surface area contributed by atoms with Crippen LogP contribution in [-0.4, -0.2) is 16.7 Å². The summed E-state index contributed by atoms with van der Waals surface area (Å²) in [5.41, 5.74) is 1.05. The first-order valence-corrected chi connectivity index (χ1v) is 6.10. The number of rotatable bonds is 0. The van der Waals surface area contributed by atoms with Crippen LogP contribution < -0.4 is 0 Å². The largest absolute Gasteiger partial charge is 0.507 e. The average molecular weight is 303 g/mol. The van der Waals surface area contributed by atoms with Gasteiger partial charge in [-0.05, 0) is 12.1 Å². The Morgan fingerprint density at radius 1 is 0.889 bits per heavy atom. The third kappa shape index (κ3) is 1.42. The SMILES string of the molecule is O=C1c2ccccc2C(=O)c2c(O)cc(Br)cc21. The van der Waals surface area contributed by atoms with E-state index in [1.807, 2.05) is 0 Å². The van der Waals surface area contributed by atoms with Crippen LogP contribution in [0.3, 0.4) is 0 Å². The molecule has 0 aromatic heterocycles. The minimum Gasteiger partial charge on any atom is -0.507 e. The first-order chi connectivity index (χ1) is 8.59. The van der Waals surface area contributed by atoms with Gasteiger partial charge in [0.1, 0.15) is 5.75 Å². The molecule has 3 rings (SSSR count). The Morgan fingerprint density at radius 3 is 2.17 bits per heavy atom. The molecule has 0 amide bonds. The molecular weight excluding hydrogens is 296 g/mol. The van der Waals surface area contributed by atoms with Crippen LogP contribution in [-0.2, 0) is 0 Å². The fourth-order valence-corrected chi connectivity index (χ4v) is 2.61. The molecule has 0 heterocycles. The standard InChI is InChI=1S/C14H7BrO3/c15-7-5-10-12(11(16)6-7)14(18)9-4-2-1-3-8(9)13(10)17/h1-6,16H. The van der Waals surface area contributed by atoms with Crippen molar-refractivity contribution in [3.8, 4) is 5.75 Å². The van der Waals surface area contributed by atoms with Crippen LogP contribution in [0.2, 0.25) is 0 Å². The number of ketones is 2. The van der Waals surface area contributed by atoms with Gasteiger partial charge in [-0.3, -0.25) is 9.59 Å². The van der Waals surface area contributed by atoms with Gasteiger partial charge in [0, 0.05) is 21.2 Å². The van der Waals surface area contributed by atoms with E-state index in [9.17, 15) is 14.7 Å². The zero-order valence-electron chi connectivity index (χ0n) is 9.11. The molecule has 0 radical (unpaired) electrons. The molecule has 88 valence electrons. The zero-order valence-corrected chi connectivity index (χ0v) is 10.7. The van der Waals surface area contributed by atoms with E-state index >= 15 is 0 Å². The van der Waals surface area contributed by atoms with E-state index in [-0.39, 0.29) is 28.4 Å². The number of carbonyl (C=O) groups excluding carboxylic acids is 2. The van der Waals surface area contributed by atoms with E-state index in [0.717, 1.165) is 0 Å². The number of fused-ring (bicyclic) bond motifs is 2. The minimum absolute atomic E-state index is 0.0851. The lowest BCUT2D eigenvalue weighted by molar-refractivity contribution is 0.0976. The molecular formula is C14H7BrO3. The van der Waals surface area contributed by atoms with Crippen molar-refractivity contribution in [2.45, 2.75) is 0 Å². The molecule has 18 heavy (non-hydrogen) atoms. The Balaban J connectivity index is 2.37. The number of benzene rings is 2. The van der Waals surface area contributed by atoms with Crippen molar-refractivity contribution >= 4 is 27.5 Å². The molecule has 3 nitrogen and oxygen atoms in total. The normalized spacial score (nSPS) is 13.2. The number of carbonyl (C=O) groups is 2. The summed E-state index contributed by atoms with van der Waals surface area (Å²) in [7, 11) is 0. The molecule has 0 fully saturated rings. The molecule has 1 aliphatic carbocycles. The highest BCUT2D eigenvalue weighted by Crippen LogP contribution is 2.34. The van der Waals surface area contributed by atoms with E-state index < -0.39 is 0 Å². The Labute approximate surface area is 111 Å². The predicted octanol–water partition coefficient (Wildman–Crippen LogP) is 2.93. The quantitative estimate of drug-likeness (QED) is 0.694. The van der Waals surface area contributed by atoms with E-state index in [2.05, 4.69) is 15.9 Å². The molecule has 1 N–H and O–H groups in total. The first-order valence-electron chi connectivity index (χ1n) is 5.30. The van der Waals surface area contributed by atoms with E-state index in [1.54, 1.807) is 30.3 Å². The van der Waals surface area contributed by atoms with Crippen LogP contribution in [0.5, 0.6) is 5.75 Å². The van der Waals surface area contributed by atoms with Crippen LogP contribution in [0.4, 0.5) is 0 Å². The molecule has 0 saturated heterocycles. The van der Waals surface area contributed by atoms with Crippen LogP contribution in [0.25, 0.3) is 0 Å². The van der Waals surface area contributed by atoms with Gasteiger partial charge in [-0.1, -0.05) is 40.2 Å². The van der Waals surface area contributed by atoms with Crippen molar-refractivity contribution in [3.05, 3.63) is 63.1 Å². The number of phenols is 1. The van der Waals surface area contributed by atoms with Crippen LogP contribution in [0.15, 0.2) is 40.9 Å². The maximum atomic E-state index is 12.3. The van der Waals surface area contributed by atoms with Gasteiger partial charge in [0.15, 0.2) is 11.6 Å². The van der Waals surface area contributed by atoms with Crippen molar-refractivity contribution in [3.63, 3.8) is 0 Å². The lowest BCUT2D eigenvalue weighted by atomic mass is 9.84. The van der Waals surface area contributed by atoms with E-state index in [0.29, 0.717) is 15.6 Å². The maximum absolute atomic E-state index is 12.3. The van der Waals surface area contributed by atoms with Gasteiger partial charge < -0.3 is 5.11 Å². The summed E-state index contributed by atoms with van der Waals surface area (Å²) in [5.74, 6) is -0.728. The molecule has 2 aromatic carbocycles. The maximum Gasteiger partial charge on any atom is 0.198 e. The van der Waals surface area contributed by atoms with Crippen molar-refractivity contribution < 1.29 is 14.7 Å². The number of aromatic hydroxyl groups is 1. The second-order valence-corrected chi connectivity index (χ2v) is 4.97. The third-order valence-electron chi connectivity index (χ3n) is 2.97. The van der Waals surface area contributed by atoms with Gasteiger partial charge >= 0.3 is 0 Å². The summed E-state index contributed by atoms with van der Waals surface area (Å²) in [6.07, 6.45) is 0. The summed E-state index contributed by atoms with van der Waals surface area (Å²) in [6.45, 7) is 0. The fourth-order valence-electron chi connectivity index (χ4n) is 2.17. The summed E-state index contributed by atoms with van der Waals surface area (Å²) < 4.78 is 0.569. The molecule has 1 aliphatic rings. The topological polar surface area (TPSA) is 54.4 Å². The fraction of sp³-hybridized carbons (Fsp3) is 0. The van der Waals surface area contributed by atoms with Gasteiger partial charge in [-0.2, -0.15) is 0 Å². The molecule has 4 heteroatoms. The number of halogens is 1. The second-order valence-electron chi connectivity index (χ2n) is 4.05. The molecule has 0 saturated carbocycles.